The lowest BCUT2D eigenvalue weighted by Crippen LogP contribution is -2.35. The number of nitrogens with zero attached hydrogens (tertiary/aromatic N) is 2. The smallest absolute Gasteiger partial charge is 0.191 e. The maximum absolute atomic E-state index is 5.89. The van der Waals surface area contributed by atoms with E-state index in [0.29, 0.717) is 17.9 Å². The summed E-state index contributed by atoms with van der Waals surface area (Å²) in [6, 6.07) is 0.632. The quantitative estimate of drug-likeness (QED) is 0.313. The van der Waals surface area contributed by atoms with E-state index in [1.54, 1.807) is 0 Å². The normalized spacial score (nSPS) is 23.2. The van der Waals surface area contributed by atoms with Gasteiger partial charge < -0.3 is 20.1 Å². The minimum Gasteiger partial charge on any atom is -0.381 e. The zero-order valence-electron chi connectivity index (χ0n) is 11.7. The van der Waals surface area contributed by atoms with Crippen LogP contribution in [-0.4, -0.2) is 56.9 Å². The average Bonchev–Trinajstić information content (AvgIpc) is 3.10. The lowest BCUT2D eigenvalue weighted by Gasteiger charge is -2.16. The molecule has 0 amide bonds. The molecule has 1 saturated carbocycles. The fourth-order valence-electron chi connectivity index (χ4n) is 2.09. The van der Waals surface area contributed by atoms with E-state index in [0.717, 1.165) is 45.8 Å². The fourth-order valence-corrected chi connectivity index (χ4v) is 2.09. The molecular formula is C13H26IN3O2. The molecule has 0 bridgehead atoms. The van der Waals surface area contributed by atoms with E-state index in [1.165, 1.54) is 12.8 Å². The SMILES string of the molecule is CN(C(N)=NCCCOCC1CCOC1)C1CC1.I. The van der Waals surface area contributed by atoms with Crippen molar-refractivity contribution < 1.29 is 9.47 Å². The summed E-state index contributed by atoms with van der Waals surface area (Å²) >= 11 is 0. The number of nitrogens with two attached hydrogens (primary N) is 1. The second kappa shape index (κ2) is 8.97. The molecule has 1 atom stereocenters. The average molecular weight is 383 g/mol. The summed E-state index contributed by atoms with van der Waals surface area (Å²) in [5.74, 6) is 1.27. The molecule has 0 spiro atoms. The molecule has 112 valence electrons. The van der Waals surface area contributed by atoms with E-state index in [4.69, 9.17) is 15.2 Å². The van der Waals surface area contributed by atoms with Crippen LogP contribution in [0.4, 0.5) is 0 Å². The second-order valence-electron chi connectivity index (χ2n) is 5.24. The zero-order valence-corrected chi connectivity index (χ0v) is 14.0. The van der Waals surface area contributed by atoms with Gasteiger partial charge in [-0.2, -0.15) is 0 Å². The summed E-state index contributed by atoms with van der Waals surface area (Å²) in [5.41, 5.74) is 5.89. The van der Waals surface area contributed by atoms with Crippen molar-refractivity contribution >= 4 is 29.9 Å². The first-order chi connectivity index (χ1) is 8.77. The molecule has 5 nitrogen and oxygen atoms in total. The number of guanidine groups is 1. The Balaban J connectivity index is 0.00000180. The highest BCUT2D eigenvalue weighted by molar-refractivity contribution is 14.0. The van der Waals surface area contributed by atoms with Gasteiger partial charge in [0.15, 0.2) is 5.96 Å². The highest BCUT2D eigenvalue weighted by Crippen LogP contribution is 2.24. The molecule has 19 heavy (non-hydrogen) atoms. The largest absolute Gasteiger partial charge is 0.381 e. The first-order valence-corrected chi connectivity index (χ1v) is 6.95. The third kappa shape index (κ3) is 6.27. The van der Waals surface area contributed by atoms with Crippen LogP contribution in [0, 0.1) is 5.92 Å². The maximum Gasteiger partial charge on any atom is 0.191 e. The van der Waals surface area contributed by atoms with Crippen molar-refractivity contribution in [3.8, 4) is 0 Å². The summed E-state index contributed by atoms with van der Waals surface area (Å²) < 4.78 is 10.9. The predicted octanol–water partition coefficient (Wildman–Crippen LogP) is 1.46. The summed E-state index contributed by atoms with van der Waals surface area (Å²) in [5, 5.41) is 0. The molecule has 6 heteroatoms. The Morgan fingerprint density at radius 1 is 1.42 bits per heavy atom. The second-order valence-corrected chi connectivity index (χ2v) is 5.24. The van der Waals surface area contributed by atoms with E-state index >= 15 is 0 Å². The molecule has 0 radical (unpaired) electrons. The van der Waals surface area contributed by atoms with Gasteiger partial charge >= 0.3 is 0 Å². The molecule has 2 aliphatic rings. The Bertz CT molecular complexity index is 279. The van der Waals surface area contributed by atoms with Crippen LogP contribution in [0.25, 0.3) is 0 Å². The van der Waals surface area contributed by atoms with Crippen LogP contribution < -0.4 is 5.73 Å². The van der Waals surface area contributed by atoms with Crippen molar-refractivity contribution in [2.45, 2.75) is 31.7 Å². The van der Waals surface area contributed by atoms with Crippen molar-refractivity contribution in [2.24, 2.45) is 16.6 Å². The molecule has 1 saturated heterocycles. The molecular weight excluding hydrogens is 357 g/mol. The van der Waals surface area contributed by atoms with Crippen LogP contribution in [-0.2, 0) is 9.47 Å². The van der Waals surface area contributed by atoms with Crippen LogP contribution >= 0.6 is 24.0 Å². The molecule has 0 aromatic heterocycles. The number of aliphatic imine (C=N–C) groups is 1. The van der Waals surface area contributed by atoms with Gasteiger partial charge in [0.05, 0.1) is 13.2 Å². The fraction of sp³-hybridized carbons (Fsp3) is 0.923. The highest BCUT2D eigenvalue weighted by Gasteiger charge is 2.27. The van der Waals surface area contributed by atoms with Gasteiger partial charge in [0.1, 0.15) is 0 Å². The van der Waals surface area contributed by atoms with E-state index in [1.807, 2.05) is 7.05 Å². The van der Waals surface area contributed by atoms with Crippen molar-refractivity contribution in [2.75, 3.05) is 40.0 Å². The van der Waals surface area contributed by atoms with Gasteiger partial charge in [-0.3, -0.25) is 4.99 Å². The van der Waals surface area contributed by atoms with Gasteiger partial charge in [-0.1, -0.05) is 0 Å². The van der Waals surface area contributed by atoms with E-state index < -0.39 is 0 Å². The van der Waals surface area contributed by atoms with Gasteiger partial charge in [0.25, 0.3) is 0 Å². The van der Waals surface area contributed by atoms with Gasteiger partial charge in [-0.05, 0) is 25.7 Å². The standard InChI is InChI=1S/C13H25N3O2.HI/c1-16(12-3-4-12)13(14)15-6-2-7-17-9-11-5-8-18-10-11;/h11-12H,2-10H2,1H3,(H2,14,15);1H. The number of rotatable bonds is 7. The molecule has 0 aromatic rings. The molecule has 2 fully saturated rings. The molecule has 1 heterocycles. The maximum atomic E-state index is 5.89. The Kier molecular flexibility index (Phi) is 8.01. The Labute approximate surface area is 132 Å². The minimum atomic E-state index is 0. The molecule has 2 rings (SSSR count). The first-order valence-electron chi connectivity index (χ1n) is 6.95. The summed E-state index contributed by atoms with van der Waals surface area (Å²) in [6.07, 6.45) is 4.57. The molecule has 1 aliphatic heterocycles. The van der Waals surface area contributed by atoms with Crippen molar-refractivity contribution in [3.63, 3.8) is 0 Å². The summed E-state index contributed by atoms with van der Waals surface area (Å²) in [6.45, 7) is 4.09. The van der Waals surface area contributed by atoms with Crippen LogP contribution in [0.2, 0.25) is 0 Å². The third-order valence-electron chi connectivity index (χ3n) is 3.55. The van der Waals surface area contributed by atoms with E-state index in [2.05, 4.69) is 9.89 Å². The highest BCUT2D eigenvalue weighted by atomic mass is 127. The predicted molar refractivity (Wildman–Crippen MR) is 87.1 cm³/mol. The van der Waals surface area contributed by atoms with Gasteiger partial charge in [-0.25, -0.2) is 0 Å². The van der Waals surface area contributed by atoms with E-state index in [9.17, 15) is 0 Å². The number of hydrogen-bond donors (Lipinski definition) is 1. The van der Waals surface area contributed by atoms with Gasteiger partial charge in [0, 0.05) is 38.8 Å². The van der Waals surface area contributed by atoms with Crippen LogP contribution in [0.3, 0.4) is 0 Å². The number of ether oxygens (including phenoxy) is 2. The zero-order chi connectivity index (χ0) is 12.8. The van der Waals surface area contributed by atoms with Crippen molar-refractivity contribution in [3.05, 3.63) is 0 Å². The lowest BCUT2D eigenvalue weighted by molar-refractivity contribution is 0.0893. The van der Waals surface area contributed by atoms with Crippen LogP contribution in [0.1, 0.15) is 25.7 Å². The Morgan fingerprint density at radius 2 is 2.21 bits per heavy atom. The third-order valence-corrected chi connectivity index (χ3v) is 3.55. The van der Waals surface area contributed by atoms with Crippen molar-refractivity contribution in [1.29, 1.82) is 0 Å². The summed E-state index contributed by atoms with van der Waals surface area (Å²) in [4.78, 5) is 6.45. The topological polar surface area (TPSA) is 60.1 Å². The van der Waals surface area contributed by atoms with Crippen LogP contribution in [0.5, 0.6) is 0 Å². The molecule has 1 aliphatic carbocycles. The number of hydrogen-bond acceptors (Lipinski definition) is 3. The van der Waals surface area contributed by atoms with Crippen molar-refractivity contribution in [1.82, 2.24) is 4.90 Å². The number of halogens is 1. The molecule has 0 aromatic carbocycles. The Morgan fingerprint density at radius 3 is 2.84 bits per heavy atom. The Hall–Kier alpha value is -0.0800. The van der Waals surface area contributed by atoms with Gasteiger partial charge in [-0.15, -0.1) is 24.0 Å². The molecule has 2 N–H and O–H groups in total. The summed E-state index contributed by atoms with van der Waals surface area (Å²) in [7, 11) is 2.02. The monoisotopic (exact) mass is 383 g/mol. The molecule has 1 unspecified atom stereocenters. The van der Waals surface area contributed by atoms with Gasteiger partial charge in [0.2, 0.25) is 0 Å². The van der Waals surface area contributed by atoms with E-state index in [-0.39, 0.29) is 24.0 Å². The van der Waals surface area contributed by atoms with Crippen LogP contribution in [0.15, 0.2) is 4.99 Å². The lowest BCUT2D eigenvalue weighted by atomic mass is 10.1. The minimum absolute atomic E-state index is 0. The first kappa shape index (κ1) is 17.0.